The molecule has 0 atom stereocenters. The molecule has 0 aliphatic carbocycles. The normalized spacial score (nSPS) is 13.3. The Labute approximate surface area is 171 Å². The molecule has 3 aromatic rings. The van der Waals surface area contributed by atoms with E-state index in [4.69, 9.17) is 4.74 Å². The minimum atomic E-state index is -0.513. The van der Waals surface area contributed by atoms with Gasteiger partial charge in [0, 0.05) is 25.5 Å². The van der Waals surface area contributed by atoms with Crippen LogP contribution in [0.5, 0.6) is 0 Å². The summed E-state index contributed by atoms with van der Waals surface area (Å²) < 4.78 is 7.35. The molecule has 6 heteroatoms. The van der Waals surface area contributed by atoms with Gasteiger partial charge in [-0.05, 0) is 55.2 Å². The predicted molar refractivity (Wildman–Crippen MR) is 114 cm³/mol. The second kappa shape index (κ2) is 7.28. The molecule has 0 bridgehead atoms. The lowest BCUT2D eigenvalue weighted by molar-refractivity contribution is 0.0242. The van der Waals surface area contributed by atoms with Crippen molar-refractivity contribution in [3.05, 3.63) is 66.0 Å². The lowest BCUT2D eigenvalue weighted by Crippen LogP contribution is -2.33. The third kappa shape index (κ3) is 4.26. The number of nitrogens with zero attached hydrogens (tertiary/aromatic N) is 3. The van der Waals surface area contributed by atoms with E-state index in [0.29, 0.717) is 13.1 Å². The van der Waals surface area contributed by atoms with Crippen molar-refractivity contribution < 1.29 is 9.53 Å². The number of hydrogen-bond acceptors (Lipinski definition) is 4. The molecule has 29 heavy (non-hydrogen) atoms. The van der Waals surface area contributed by atoms with Gasteiger partial charge in [0.05, 0.1) is 18.4 Å². The molecule has 2 aromatic carbocycles. The van der Waals surface area contributed by atoms with Crippen LogP contribution in [0.2, 0.25) is 0 Å². The van der Waals surface area contributed by atoms with Gasteiger partial charge in [-0.15, -0.1) is 0 Å². The number of carbonyl (C=O) groups excluding carboxylic acids is 1. The van der Waals surface area contributed by atoms with Crippen molar-refractivity contribution >= 4 is 17.5 Å². The van der Waals surface area contributed by atoms with Gasteiger partial charge < -0.3 is 10.1 Å². The lowest BCUT2D eigenvalue weighted by Gasteiger charge is -2.24. The highest BCUT2D eigenvalue weighted by molar-refractivity contribution is 5.78. The molecule has 0 fully saturated rings. The fourth-order valence-corrected chi connectivity index (χ4v) is 3.57. The van der Waals surface area contributed by atoms with E-state index >= 15 is 0 Å². The standard InChI is InChI=1S/C23H26N4O2/c1-23(2,3)29-22(28)27-13-17-10-18(25-19-12-24-26(4)14-19)11-20(21(17)15-27)16-8-6-5-7-9-16/h5-12,14,25H,13,15H2,1-4H3. The fraction of sp³-hybridized carbons (Fsp3) is 0.304. The second-order valence-corrected chi connectivity index (χ2v) is 8.39. The molecule has 1 aliphatic heterocycles. The first-order valence-corrected chi connectivity index (χ1v) is 9.73. The summed E-state index contributed by atoms with van der Waals surface area (Å²) in [4.78, 5) is 14.4. The van der Waals surface area contributed by atoms with Gasteiger partial charge in [0.15, 0.2) is 0 Å². The largest absolute Gasteiger partial charge is 0.444 e. The third-order valence-corrected chi connectivity index (χ3v) is 4.78. The van der Waals surface area contributed by atoms with E-state index in [-0.39, 0.29) is 6.09 Å². The summed E-state index contributed by atoms with van der Waals surface area (Å²) in [5.74, 6) is 0. The van der Waals surface area contributed by atoms with E-state index in [1.54, 1.807) is 15.8 Å². The molecule has 2 heterocycles. The molecule has 0 saturated heterocycles. The maximum Gasteiger partial charge on any atom is 0.410 e. The maximum atomic E-state index is 12.6. The van der Waals surface area contributed by atoms with Gasteiger partial charge in [0.1, 0.15) is 5.60 Å². The monoisotopic (exact) mass is 390 g/mol. The highest BCUT2D eigenvalue weighted by Gasteiger charge is 2.30. The Morgan fingerprint density at radius 1 is 1.10 bits per heavy atom. The molecule has 1 aromatic heterocycles. The van der Waals surface area contributed by atoms with Gasteiger partial charge in [0.25, 0.3) is 0 Å². The number of hydrogen-bond donors (Lipinski definition) is 1. The molecule has 0 unspecified atom stereocenters. The number of fused-ring (bicyclic) bond motifs is 1. The van der Waals surface area contributed by atoms with Crippen LogP contribution < -0.4 is 5.32 Å². The van der Waals surface area contributed by atoms with Crippen molar-refractivity contribution in [1.29, 1.82) is 0 Å². The van der Waals surface area contributed by atoms with E-state index in [0.717, 1.165) is 28.1 Å². The number of aromatic nitrogens is 2. The Balaban J connectivity index is 1.69. The number of benzene rings is 2. The number of rotatable bonds is 3. The van der Waals surface area contributed by atoms with Crippen LogP contribution in [-0.4, -0.2) is 26.4 Å². The summed E-state index contributed by atoms with van der Waals surface area (Å²) in [6.45, 7) is 6.74. The van der Waals surface area contributed by atoms with Gasteiger partial charge in [-0.2, -0.15) is 5.10 Å². The van der Waals surface area contributed by atoms with Crippen LogP contribution in [-0.2, 0) is 24.9 Å². The molecule has 4 rings (SSSR count). The van der Waals surface area contributed by atoms with Gasteiger partial charge in [-0.1, -0.05) is 30.3 Å². The van der Waals surface area contributed by atoms with E-state index < -0.39 is 5.60 Å². The number of anilines is 2. The van der Waals surface area contributed by atoms with Gasteiger partial charge >= 0.3 is 6.09 Å². The first-order chi connectivity index (χ1) is 13.8. The van der Waals surface area contributed by atoms with Crippen LogP contribution in [0.15, 0.2) is 54.9 Å². The molecular formula is C23H26N4O2. The summed E-state index contributed by atoms with van der Waals surface area (Å²) in [7, 11) is 1.89. The number of nitrogens with one attached hydrogen (secondary N) is 1. The number of ether oxygens (including phenoxy) is 1. The van der Waals surface area contributed by atoms with Crippen LogP contribution in [0, 0.1) is 0 Å². The lowest BCUT2D eigenvalue weighted by atomic mass is 9.96. The molecule has 1 aliphatic rings. The minimum absolute atomic E-state index is 0.283. The van der Waals surface area contributed by atoms with E-state index in [1.165, 1.54) is 5.56 Å². The van der Waals surface area contributed by atoms with Gasteiger partial charge in [0.2, 0.25) is 0 Å². The average Bonchev–Trinajstić information content (AvgIpc) is 3.26. The Morgan fingerprint density at radius 2 is 1.86 bits per heavy atom. The summed E-state index contributed by atoms with van der Waals surface area (Å²) in [5.41, 5.74) is 5.93. The minimum Gasteiger partial charge on any atom is -0.444 e. The zero-order chi connectivity index (χ0) is 20.6. The van der Waals surface area contributed by atoms with Gasteiger partial charge in [-0.25, -0.2) is 4.79 Å². The smallest absolute Gasteiger partial charge is 0.410 e. The summed E-state index contributed by atoms with van der Waals surface area (Å²) >= 11 is 0. The van der Waals surface area contributed by atoms with Crippen LogP contribution >= 0.6 is 0 Å². The highest BCUT2D eigenvalue weighted by atomic mass is 16.6. The van der Waals surface area contributed by atoms with E-state index in [1.807, 2.05) is 52.2 Å². The molecule has 0 saturated carbocycles. The quantitative estimate of drug-likeness (QED) is 0.677. The highest BCUT2D eigenvalue weighted by Crippen LogP contribution is 2.37. The zero-order valence-electron chi connectivity index (χ0n) is 17.3. The van der Waals surface area contributed by atoms with Crippen molar-refractivity contribution in [3.8, 4) is 11.1 Å². The first kappa shape index (κ1) is 19.1. The average molecular weight is 390 g/mol. The van der Waals surface area contributed by atoms with Crippen LogP contribution in [0.25, 0.3) is 11.1 Å². The molecule has 1 amide bonds. The van der Waals surface area contributed by atoms with Crippen LogP contribution in [0.4, 0.5) is 16.2 Å². The van der Waals surface area contributed by atoms with Crippen molar-refractivity contribution in [2.45, 2.75) is 39.5 Å². The predicted octanol–water partition coefficient (Wildman–Crippen LogP) is 5.08. The van der Waals surface area contributed by atoms with Crippen molar-refractivity contribution in [1.82, 2.24) is 14.7 Å². The number of amides is 1. The van der Waals surface area contributed by atoms with Gasteiger partial charge in [-0.3, -0.25) is 9.58 Å². The number of aryl methyl sites for hydroxylation is 1. The maximum absolute atomic E-state index is 12.6. The summed E-state index contributed by atoms with van der Waals surface area (Å²) in [5, 5.41) is 7.65. The molecular weight excluding hydrogens is 364 g/mol. The molecule has 0 radical (unpaired) electrons. The Bertz CT molecular complexity index is 1030. The van der Waals surface area contributed by atoms with E-state index in [2.05, 4.69) is 34.7 Å². The van der Waals surface area contributed by atoms with Crippen molar-refractivity contribution in [2.75, 3.05) is 5.32 Å². The Morgan fingerprint density at radius 3 is 2.52 bits per heavy atom. The Hall–Kier alpha value is -3.28. The second-order valence-electron chi connectivity index (χ2n) is 8.39. The van der Waals surface area contributed by atoms with Crippen molar-refractivity contribution in [2.24, 2.45) is 7.05 Å². The molecule has 0 spiro atoms. The van der Waals surface area contributed by atoms with Crippen molar-refractivity contribution in [3.63, 3.8) is 0 Å². The van der Waals surface area contributed by atoms with Crippen LogP contribution in [0.3, 0.4) is 0 Å². The first-order valence-electron chi connectivity index (χ1n) is 9.73. The molecule has 1 N–H and O–H groups in total. The topological polar surface area (TPSA) is 59.4 Å². The van der Waals surface area contributed by atoms with Crippen LogP contribution in [0.1, 0.15) is 31.9 Å². The zero-order valence-corrected chi connectivity index (χ0v) is 17.3. The van der Waals surface area contributed by atoms with E-state index in [9.17, 15) is 4.79 Å². The fourth-order valence-electron chi connectivity index (χ4n) is 3.57. The molecule has 6 nitrogen and oxygen atoms in total. The number of carbonyl (C=O) groups is 1. The SMILES string of the molecule is Cn1cc(Nc2cc3c(c(-c4ccccc4)c2)CN(C(=O)OC(C)(C)C)C3)cn1. The third-order valence-electron chi connectivity index (χ3n) is 4.78. The summed E-state index contributed by atoms with van der Waals surface area (Å²) in [6.07, 6.45) is 3.44. The molecule has 150 valence electrons. The Kier molecular flexibility index (Phi) is 4.78. The summed E-state index contributed by atoms with van der Waals surface area (Å²) in [6, 6.07) is 14.5.